The average Bonchev–Trinajstić information content (AvgIpc) is 2.94. The summed E-state index contributed by atoms with van der Waals surface area (Å²) in [6, 6.07) is -0.479. The zero-order valence-corrected chi connectivity index (χ0v) is 11.8. The molecule has 20 heavy (non-hydrogen) atoms. The Balaban J connectivity index is 2.22. The minimum atomic E-state index is -0.526. The summed E-state index contributed by atoms with van der Waals surface area (Å²) in [5, 5.41) is 15.9. The van der Waals surface area contributed by atoms with Gasteiger partial charge in [0.1, 0.15) is 0 Å². The largest absolute Gasteiger partial charge is 0.370 e. The summed E-state index contributed by atoms with van der Waals surface area (Å²) in [5.74, 6) is 0.353. The highest BCUT2D eigenvalue weighted by Gasteiger charge is 2.22. The molecule has 0 spiro atoms. The van der Waals surface area contributed by atoms with E-state index in [2.05, 4.69) is 10.6 Å². The molecule has 8 nitrogen and oxygen atoms in total. The Bertz CT molecular complexity index is 366. The van der Waals surface area contributed by atoms with Gasteiger partial charge in [0.15, 0.2) is 5.82 Å². The highest BCUT2D eigenvalue weighted by molar-refractivity contribution is 5.81. The van der Waals surface area contributed by atoms with Crippen LogP contribution < -0.4 is 16.4 Å². The van der Waals surface area contributed by atoms with Crippen molar-refractivity contribution in [2.24, 2.45) is 5.73 Å². The average molecular weight is 285 g/mol. The molecular weight excluding hydrogens is 262 g/mol. The Morgan fingerprint density at radius 2 is 2.15 bits per heavy atom. The number of hydrogen-bond donors (Lipinski definition) is 3. The summed E-state index contributed by atoms with van der Waals surface area (Å²) in [6.45, 7) is 2.14. The van der Waals surface area contributed by atoms with Gasteiger partial charge in [0.2, 0.25) is 5.91 Å². The van der Waals surface area contributed by atoms with Gasteiger partial charge in [-0.3, -0.25) is 14.9 Å². The van der Waals surface area contributed by atoms with Crippen LogP contribution in [0.2, 0.25) is 0 Å². The van der Waals surface area contributed by atoms with E-state index in [4.69, 9.17) is 5.73 Å². The standard InChI is InChI=1S/C12H23N5O3/c1-14-11(9-17(19)20)15-6-4-5-10(13)12(18)16-7-2-3-8-16/h9-10,14-15H,2-8,13H2,1H3/t10-/m0/s1. The first kappa shape index (κ1) is 16.2. The van der Waals surface area contributed by atoms with Crippen LogP contribution >= 0.6 is 0 Å². The fourth-order valence-corrected chi connectivity index (χ4v) is 2.14. The van der Waals surface area contributed by atoms with Crippen molar-refractivity contribution in [2.75, 3.05) is 26.7 Å². The number of amides is 1. The summed E-state index contributed by atoms with van der Waals surface area (Å²) in [7, 11) is 1.60. The minimum absolute atomic E-state index is 0.0113. The molecule has 1 atom stereocenters. The van der Waals surface area contributed by atoms with E-state index in [0.29, 0.717) is 25.2 Å². The van der Waals surface area contributed by atoms with E-state index in [0.717, 1.165) is 32.1 Å². The molecule has 0 unspecified atom stereocenters. The van der Waals surface area contributed by atoms with Gasteiger partial charge in [-0.2, -0.15) is 0 Å². The second-order valence-electron chi connectivity index (χ2n) is 4.79. The molecule has 0 aromatic heterocycles. The van der Waals surface area contributed by atoms with Gasteiger partial charge < -0.3 is 21.3 Å². The van der Waals surface area contributed by atoms with Crippen molar-refractivity contribution in [1.82, 2.24) is 15.5 Å². The molecule has 0 aromatic carbocycles. The third-order valence-corrected chi connectivity index (χ3v) is 3.25. The molecule has 1 aliphatic heterocycles. The van der Waals surface area contributed by atoms with E-state index in [9.17, 15) is 14.9 Å². The number of carbonyl (C=O) groups excluding carboxylic acids is 1. The van der Waals surface area contributed by atoms with Crippen LogP contribution in [-0.2, 0) is 4.79 Å². The van der Waals surface area contributed by atoms with Crippen molar-refractivity contribution in [3.05, 3.63) is 22.1 Å². The summed E-state index contributed by atoms with van der Waals surface area (Å²) in [6.07, 6.45) is 4.22. The lowest BCUT2D eigenvalue weighted by molar-refractivity contribution is -0.404. The molecular formula is C12H23N5O3. The Labute approximate surface area is 118 Å². The Kier molecular flexibility index (Phi) is 6.78. The van der Waals surface area contributed by atoms with Crippen LogP contribution in [0.15, 0.2) is 12.0 Å². The molecule has 0 aliphatic carbocycles. The maximum absolute atomic E-state index is 11.9. The molecule has 1 aliphatic rings. The molecule has 0 saturated carbocycles. The van der Waals surface area contributed by atoms with E-state index in [1.807, 2.05) is 4.90 Å². The van der Waals surface area contributed by atoms with Crippen LogP contribution in [0.1, 0.15) is 25.7 Å². The molecule has 0 bridgehead atoms. The highest BCUT2D eigenvalue weighted by atomic mass is 16.6. The monoisotopic (exact) mass is 285 g/mol. The number of hydrogen-bond acceptors (Lipinski definition) is 6. The summed E-state index contributed by atoms with van der Waals surface area (Å²) in [5.41, 5.74) is 5.87. The van der Waals surface area contributed by atoms with E-state index >= 15 is 0 Å². The SMILES string of the molecule is CNC(=C[N+](=O)[O-])NCCC[C@H](N)C(=O)N1CCCC1. The maximum atomic E-state index is 11.9. The van der Waals surface area contributed by atoms with Crippen LogP contribution in [-0.4, -0.2) is 48.5 Å². The van der Waals surface area contributed by atoms with E-state index in [-0.39, 0.29) is 5.91 Å². The molecule has 1 amide bonds. The molecule has 1 fully saturated rings. The zero-order chi connectivity index (χ0) is 15.0. The molecule has 114 valence electrons. The van der Waals surface area contributed by atoms with Crippen LogP contribution in [0.25, 0.3) is 0 Å². The number of nitrogens with one attached hydrogen (secondary N) is 2. The van der Waals surface area contributed by atoms with Gasteiger partial charge in [-0.05, 0) is 25.7 Å². The second-order valence-corrected chi connectivity index (χ2v) is 4.79. The predicted molar refractivity (Wildman–Crippen MR) is 75.2 cm³/mol. The van der Waals surface area contributed by atoms with Crippen LogP contribution in [0.3, 0.4) is 0 Å². The third kappa shape index (κ3) is 5.43. The number of nitro groups is 1. The van der Waals surface area contributed by atoms with Gasteiger partial charge in [0.05, 0.1) is 11.0 Å². The van der Waals surface area contributed by atoms with Crippen molar-refractivity contribution >= 4 is 5.91 Å². The predicted octanol–water partition coefficient (Wildman–Crippen LogP) is -0.399. The van der Waals surface area contributed by atoms with Crippen molar-refractivity contribution in [1.29, 1.82) is 0 Å². The molecule has 1 rings (SSSR count). The molecule has 0 aromatic rings. The first-order chi connectivity index (χ1) is 9.54. The number of carbonyl (C=O) groups is 1. The van der Waals surface area contributed by atoms with Gasteiger partial charge >= 0.3 is 0 Å². The highest BCUT2D eigenvalue weighted by Crippen LogP contribution is 2.10. The van der Waals surface area contributed by atoms with Gasteiger partial charge in [0, 0.05) is 26.7 Å². The molecule has 1 saturated heterocycles. The van der Waals surface area contributed by atoms with Crippen LogP contribution in [0.4, 0.5) is 0 Å². The Morgan fingerprint density at radius 3 is 2.70 bits per heavy atom. The second kappa shape index (κ2) is 8.36. The Morgan fingerprint density at radius 1 is 1.50 bits per heavy atom. The maximum Gasteiger partial charge on any atom is 0.274 e. The molecule has 1 heterocycles. The lowest BCUT2D eigenvalue weighted by Gasteiger charge is -2.20. The fraction of sp³-hybridized carbons (Fsp3) is 0.750. The summed E-state index contributed by atoms with van der Waals surface area (Å²) in [4.78, 5) is 23.6. The first-order valence-corrected chi connectivity index (χ1v) is 6.86. The summed E-state index contributed by atoms with van der Waals surface area (Å²) < 4.78 is 0. The van der Waals surface area contributed by atoms with Gasteiger partial charge in [-0.25, -0.2) is 0 Å². The smallest absolute Gasteiger partial charge is 0.274 e. The van der Waals surface area contributed by atoms with Crippen molar-refractivity contribution in [3.8, 4) is 0 Å². The van der Waals surface area contributed by atoms with Gasteiger partial charge in [-0.15, -0.1) is 0 Å². The van der Waals surface area contributed by atoms with Gasteiger partial charge in [-0.1, -0.05) is 0 Å². The van der Waals surface area contributed by atoms with E-state index < -0.39 is 11.0 Å². The normalized spacial score (nSPS) is 16.9. The van der Waals surface area contributed by atoms with E-state index in [1.165, 1.54) is 0 Å². The molecule has 8 heteroatoms. The van der Waals surface area contributed by atoms with Crippen LogP contribution in [0, 0.1) is 10.1 Å². The van der Waals surface area contributed by atoms with Crippen molar-refractivity contribution < 1.29 is 9.72 Å². The Hall–Kier alpha value is -1.83. The van der Waals surface area contributed by atoms with Gasteiger partial charge in [0.25, 0.3) is 6.20 Å². The lowest BCUT2D eigenvalue weighted by atomic mass is 10.1. The molecule has 0 radical (unpaired) electrons. The number of nitrogens with zero attached hydrogens (tertiary/aromatic N) is 2. The number of rotatable bonds is 8. The van der Waals surface area contributed by atoms with E-state index in [1.54, 1.807) is 7.05 Å². The van der Waals surface area contributed by atoms with Crippen LogP contribution in [0.5, 0.6) is 0 Å². The first-order valence-electron chi connectivity index (χ1n) is 6.86. The minimum Gasteiger partial charge on any atom is -0.370 e. The topological polar surface area (TPSA) is 114 Å². The van der Waals surface area contributed by atoms with Crippen molar-refractivity contribution in [3.63, 3.8) is 0 Å². The zero-order valence-electron chi connectivity index (χ0n) is 11.8. The van der Waals surface area contributed by atoms with Crippen molar-refractivity contribution in [2.45, 2.75) is 31.7 Å². The number of nitrogens with two attached hydrogens (primary N) is 1. The fourth-order valence-electron chi connectivity index (χ4n) is 2.14. The lowest BCUT2D eigenvalue weighted by Crippen LogP contribution is -2.42. The molecule has 4 N–H and O–H groups in total. The number of likely N-dealkylation sites (tertiary alicyclic amines) is 1. The quantitative estimate of drug-likeness (QED) is 0.318. The summed E-state index contributed by atoms with van der Waals surface area (Å²) >= 11 is 0. The third-order valence-electron chi connectivity index (χ3n) is 3.25.